The molecule has 2 aliphatic rings. The van der Waals surface area contributed by atoms with Crippen molar-refractivity contribution in [2.75, 3.05) is 37.0 Å². The van der Waals surface area contributed by atoms with Crippen LogP contribution in [0.4, 0.5) is 11.4 Å². The molecule has 34 heavy (non-hydrogen) atoms. The average Bonchev–Trinajstić information content (AvgIpc) is 2.86. The number of ether oxygens (including phenoxy) is 1. The summed E-state index contributed by atoms with van der Waals surface area (Å²) in [4.78, 5) is 38.4. The highest BCUT2D eigenvalue weighted by molar-refractivity contribution is 7.89. The normalized spacial score (nSPS) is 16.6. The first-order chi connectivity index (χ1) is 16.3. The number of carbonyl (C=O) groups excluding carboxylic acids is 3. The first-order valence-electron chi connectivity index (χ1n) is 11.2. The molecule has 0 aromatic heterocycles. The fourth-order valence-electron chi connectivity index (χ4n) is 4.28. The number of esters is 1. The molecule has 2 heterocycles. The van der Waals surface area contributed by atoms with E-state index in [-0.39, 0.29) is 23.8 Å². The summed E-state index contributed by atoms with van der Waals surface area (Å²) in [6, 6.07) is 11.0. The number of carbonyl (C=O) groups is 3. The minimum Gasteiger partial charge on any atom is -0.465 e. The molecule has 4 rings (SSSR count). The number of aryl methyl sites for hydroxylation is 1. The number of sulfonamides is 1. The van der Waals surface area contributed by atoms with Crippen LogP contribution in [-0.2, 0) is 30.8 Å². The van der Waals surface area contributed by atoms with Crippen molar-refractivity contribution in [3.63, 3.8) is 0 Å². The Kier molecular flexibility index (Phi) is 6.99. The zero-order valence-electron chi connectivity index (χ0n) is 19.0. The van der Waals surface area contributed by atoms with E-state index < -0.39 is 21.9 Å². The Labute approximate surface area is 198 Å². The van der Waals surface area contributed by atoms with E-state index in [0.717, 1.165) is 24.8 Å². The van der Waals surface area contributed by atoms with Crippen LogP contribution in [0.2, 0.25) is 0 Å². The van der Waals surface area contributed by atoms with Gasteiger partial charge in [-0.2, -0.15) is 4.31 Å². The van der Waals surface area contributed by atoms with E-state index in [2.05, 4.69) is 10.1 Å². The number of rotatable bonds is 6. The highest BCUT2D eigenvalue weighted by Crippen LogP contribution is 2.31. The molecule has 2 aliphatic heterocycles. The molecule has 0 radical (unpaired) electrons. The first kappa shape index (κ1) is 23.9. The fourth-order valence-corrected chi connectivity index (χ4v) is 5.84. The lowest BCUT2D eigenvalue weighted by atomic mass is 10.0. The van der Waals surface area contributed by atoms with Crippen LogP contribution in [0.5, 0.6) is 0 Å². The quantitative estimate of drug-likeness (QED) is 0.630. The lowest BCUT2D eigenvalue weighted by Crippen LogP contribution is -2.41. The lowest BCUT2D eigenvalue weighted by molar-refractivity contribution is -0.121. The van der Waals surface area contributed by atoms with Crippen LogP contribution >= 0.6 is 0 Å². The molecule has 0 saturated carbocycles. The monoisotopic (exact) mass is 485 g/mol. The number of piperidine rings is 1. The summed E-state index contributed by atoms with van der Waals surface area (Å²) in [5.41, 5.74) is 2.11. The Balaban J connectivity index is 1.49. The van der Waals surface area contributed by atoms with Gasteiger partial charge in [0.25, 0.3) is 0 Å². The van der Waals surface area contributed by atoms with Gasteiger partial charge in [0.05, 0.1) is 17.6 Å². The van der Waals surface area contributed by atoms with Crippen molar-refractivity contribution in [1.82, 2.24) is 4.31 Å². The van der Waals surface area contributed by atoms with Crippen molar-refractivity contribution >= 4 is 39.2 Å². The fraction of sp³-hybridized carbons (Fsp3) is 0.375. The summed E-state index contributed by atoms with van der Waals surface area (Å²) in [7, 11) is -2.30. The number of anilines is 2. The van der Waals surface area contributed by atoms with E-state index >= 15 is 0 Å². The van der Waals surface area contributed by atoms with Crippen LogP contribution in [0.15, 0.2) is 47.4 Å². The second kappa shape index (κ2) is 9.94. The zero-order chi connectivity index (χ0) is 24.3. The molecule has 9 nitrogen and oxygen atoms in total. The minimum absolute atomic E-state index is 0.196. The second-order valence-electron chi connectivity index (χ2n) is 8.35. The molecule has 10 heteroatoms. The van der Waals surface area contributed by atoms with Crippen LogP contribution in [0, 0.1) is 0 Å². The predicted molar refractivity (Wildman–Crippen MR) is 126 cm³/mol. The number of benzene rings is 2. The first-order valence-corrected chi connectivity index (χ1v) is 12.7. The number of hydrogen-bond donors (Lipinski definition) is 1. The van der Waals surface area contributed by atoms with Crippen LogP contribution < -0.4 is 10.2 Å². The SMILES string of the molecule is COC(=O)c1ccc(NC(=O)CN2C(=O)CCc3cc(S(=O)(=O)N4CCCCC4)ccc32)cc1. The van der Waals surface area contributed by atoms with Gasteiger partial charge in [-0.3, -0.25) is 9.59 Å². The van der Waals surface area contributed by atoms with E-state index in [0.29, 0.717) is 36.4 Å². The molecule has 0 unspecified atom stereocenters. The number of nitrogens with one attached hydrogen (secondary N) is 1. The standard InChI is InChI=1S/C24H27N3O6S/c1-33-24(30)17-5-8-19(9-6-17)25-22(28)16-27-21-11-10-20(15-18(21)7-12-23(27)29)34(31,32)26-13-3-2-4-14-26/h5-6,8-11,15H,2-4,7,12-14,16H2,1H3,(H,25,28). The molecule has 2 aromatic carbocycles. The summed E-state index contributed by atoms with van der Waals surface area (Å²) in [6.45, 7) is 0.832. The van der Waals surface area contributed by atoms with Gasteiger partial charge in [-0.25, -0.2) is 13.2 Å². The van der Waals surface area contributed by atoms with Crippen molar-refractivity contribution in [3.8, 4) is 0 Å². The lowest BCUT2D eigenvalue weighted by Gasteiger charge is -2.30. The second-order valence-corrected chi connectivity index (χ2v) is 10.3. The average molecular weight is 486 g/mol. The van der Waals surface area contributed by atoms with Crippen molar-refractivity contribution in [2.45, 2.75) is 37.0 Å². The van der Waals surface area contributed by atoms with E-state index in [9.17, 15) is 22.8 Å². The number of nitrogens with zero attached hydrogens (tertiary/aromatic N) is 2. The largest absolute Gasteiger partial charge is 0.465 e. The summed E-state index contributed by atoms with van der Waals surface area (Å²) in [5.74, 6) is -1.08. The van der Waals surface area contributed by atoms with Gasteiger partial charge in [0.2, 0.25) is 21.8 Å². The number of methoxy groups -OCH3 is 1. The van der Waals surface area contributed by atoms with Gasteiger partial charge < -0.3 is 15.0 Å². The predicted octanol–water partition coefficient (Wildman–Crippen LogP) is 2.57. The van der Waals surface area contributed by atoms with Crippen LogP contribution in [0.3, 0.4) is 0 Å². The molecule has 2 amide bonds. The molecular formula is C24H27N3O6S. The molecule has 1 N–H and O–H groups in total. The maximum absolute atomic E-state index is 13.0. The molecule has 0 spiro atoms. The van der Waals surface area contributed by atoms with Crippen LogP contribution in [0.1, 0.15) is 41.6 Å². The number of amides is 2. The van der Waals surface area contributed by atoms with Crippen LogP contribution in [-0.4, -0.2) is 57.3 Å². The molecular weight excluding hydrogens is 458 g/mol. The molecule has 0 bridgehead atoms. The van der Waals surface area contributed by atoms with Gasteiger partial charge >= 0.3 is 5.97 Å². The summed E-state index contributed by atoms with van der Waals surface area (Å²) in [6.07, 6.45) is 3.36. The zero-order valence-corrected chi connectivity index (χ0v) is 19.8. The van der Waals surface area contributed by atoms with Crippen molar-refractivity contribution in [3.05, 3.63) is 53.6 Å². The van der Waals surface area contributed by atoms with Gasteiger partial charge in [-0.15, -0.1) is 0 Å². The molecule has 1 fully saturated rings. The molecule has 0 atom stereocenters. The highest BCUT2D eigenvalue weighted by atomic mass is 32.2. The maximum Gasteiger partial charge on any atom is 0.337 e. The molecule has 1 saturated heterocycles. The van der Waals surface area contributed by atoms with E-state index in [1.165, 1.54) is 34.5 Å². The van der Waals surface area contributed by atoms with Gasteiger partial charge in [-0.1, -0.05) is 6.42 Å². The minimum atomic E-state index is -3.58. The number of hydrogen-bond acceptors (Lipinski definition) is 6. The van der Waals surface area contributed by atoms with Gasteiger partial charge in [0.1, 0.15) is 6.54 Å². The van der Waals surface area contributed by atoms with Crippen molar-refractivity contribution in [2.24, 2.45) is 0 Å². The Morgan fingerprint density at radius 2 is 1.71 bits per heavy atom. The van der Waals surface area contributed by atoms with Gasteiger partial charge in [-0.05, 0) is 67.3 Å². The van der Waals surface area contributed by atoms with E-state index in [4.69, 9.17) is 0 Å². The Morgan fingerprint density at radius 1 is 1.00 bits per heavy atom. The molecule has 0 aliphatic carbocycles. The summed E-state index contributed by atoms with van der Waals surface area (Å²) in [5, 5.41) is 2.72. The number of fused-ring (bicyclic) bond motifs is 1. The third-order valence-electron chi connectivity index (χ3n) is 6.10. The Bertz CT molecular complexity index is 1200. The summed E-state index contributed by atoms with van der Waals surface area (Å²) >= 11 is 0. The topological polar surface area (TPSA) is 113 Å². The van der Waals surface area contributed by atoms with E-state index in [1.54, 1.807) is 24.3 Å². The molecule has 180 valence electrons. The van der Waals surface area contributed by atoms with Gasteiger partial charge in [0, 0.05) is 30.9 Å². The summed E-state index contributed by atoms with van der Waals surface area (Å²) < 4.78 is 32.2. The third kappa shape index (κ3) is 4.97. The smallest absolute Gasteiger partial charge is 0.337 e. The Hall–Kier alpha value is -3.24. The van der Waals surface area contributed by atoms with Crippen molar-refractivity contribution < 1.29 is 27.5 Å². The third-order valence-corrected chi connectivity index (χ3v) is 7.99. The van der Waals surface area contributed by atoms with Gasteiger partial charge in [0.15, 0.2) is 0 Å². The maximum atomic E-state index is 13.0. The molecule has 2 aromatic rings. The van der Waals surface area contributed by atoms with E-state index in [1.807, 2.05) is 0 Å². The highest BCUT2D eigenvalue weighted by Gasteiger charge is 2.30. The van der Waals surface area contributed by atoms with Crippen molar-refractivity contribution in [1.29, 1.82) is 0 Å². The Morgan fingerprint density at radius 3 is 2.38 bits per heavy atom. The van der Waals surface area contributed by atoms with Crippen LogP contribution in [0.25, 0.3) is 0 Å².